The molecule has 0 atom stereocenters. The van der Waals surface area contributed by atoms with Crippen LogP contribution in [0.15, 0.2) is 0 Å². The fourth-order valence-electron chi connectivity index (χ4n) is 2.84. The number of anilines is 1. The first-order valence-electron chi connectivity index (χ1n) is 6.96. The number of carbonyl (C=O) groups excluding carboxylic acids is 1. The van der Waals surface area contributed by atoms with Crippen molar-refractivity contribution in [1.82, 2.24) is 0 Å². The van der Waals surface area contributed by atoms with Crippen LogP contribution < -0.4 is 11.1 Å². The molecule has 1 aromatic rings. The summed E-state index contributed by atoms with van der Waals surface area (Å²) < 4.78 is 0. The lowest BCUT2D eigenvalue weighted by Crippen LogP contribution is -2.28. The second-order valence-corrected chi connectivity index (χ2v) is 6.51. The van der Waals surface area contributed by atoms with Gasteiger partial charge in [-0.1, -0.05) is 6.42 Å². The quantitative estimate of drug-likeness (QED) is 0.824. The predicted molar refractivity (Wildman–Crippen MR) is 75.4 cm³/mol. The molecule has 0 aromatic carbocycles. The lowest BCUT2D eigenvalue weighted by Gasteiger charge is -2.27. The number of amides is 1. The zero-order valence-corrected chi connectivity index (χ0v) is 11.4. The number of fused-ring (bicyclic) bond motifs is 1. The summed E-state index contributed by atoms with van der Waals surface area (Å²) in [5.41, 5.74) is 7.63. The lowest BCUT2D eigenvalue weighted by molar-refractivity contribution is 0.100. The number of thiophene rings is 1. The Labute approximate surface area is 112 Å². The van der Waals surface area contributed by atoms with Gasteiger partial charge >= 0.3 is 0 Å². The Bertz CT molecular complexity index is 463. The molecule has 1 amide bonds. The van der Waals surface area contributed by atoms with Crippen LogP contribution in [0.5, 0.6) is 0 Å². The van der Waals surface area contributed by atoms with Gasteiger partial charge in [0.25, 0.3) is 5.91 Å². The summed E-state index contributed by atoms with van der Waals surface area (Å²) in [5.74, 6) is -0.253. The number of nitrogens with two attached hydrogens (primary N) is 1. The van der Waals surface area contributed by atoms with E-state index in [9.17, 15) is 4.79 Å². The van der Waals surface area contributed by atoms with E-state index in [1.807, 2.05) is 0 Å². The summed E-state index contributed by atoms with van der Waals surface area (Å²) >= 11 is 1.77. The van der Waals surface area contributed by atoms with Crippen molar-refractivity contribution >= 4 is 22.2 Å². The summed E-state index contributed by atoms with van der Waals surface area (Å²) in [4.78, 5) is 13.1. The largest absolute Gasteiger partial charge is 0.374 e. The molecule has 0 unspecified atom stereocenters. The maximum Gasteiger partial charge on any atom is 0.251 e. The smallest absolute Gasteiger partial charge is 0.251 e. The van der Waals surface area contributed by atoms with Crippen molar-refractivity contribution < 1.29 is 4.79 Å². The van der Waals surface area contributed by atoms with Gasteiger partial charge in [0.1, 0.15) is 5.00 Å². The molecular formula is C14H20N2OS. The van der Waals surface area contributed by atoms with Gasteiger partial charge < -0.3 is 11.1 Å². The minimum atomic E-state index is -0.253. The minimum absolute atomic E-state index is 0.253. The van der Waals surface area contributed by atoms with Crippen molar-refractivity contribution in [2.24, 2.45) is 5.73 Å². The second kappa shape index (κ2) is 4.92. The summed E-state index contributed by atoms with van der Waals surface area (Å²) in [7, 11) is 0. The van der Waals surface area contributed by atoms with Crippen molar-refractivity contribution in [3.8, 4) is 0 Å². The van der Waals surface area contributed by atoms with E-state index in [4.69, 9.17) is 5.73 Å². The highest BCUT2D eigenvalue weighted by Crippen LogP contribution is 2.38. The van der Waals surface area contributed by atoms with E-state index in [0.717, 1.165) is 23.4 Å². The summed E-state index contributed by atoms with van der Waals surface area (Å²) in [5, 5.41) is 4.56. The monoisotopic (exact) mass is 264 g/mol. The molecule has 4 heteroatoms. The van der Waals surface area contributed by atoms with Crippen LogP contribution in [-0.2, 0) is 12.8 Å². The van der Waals surface area contributed by atoms with Gasteiger partial charge in [-0.15, -0.1) is 11.3 Å². The third-order valence-electron chi connectivity index (χ3n) is 4.11. The Morgan fingerprint density at radius 2 is 1.94 bits per heavy atom. The first-order chi connectivity index (χ1) is 8.75. The fraction of sp³-hybridized carbons (Fsp3) is 0.643. The highest BCUT2D eigenvalue weighted by atomic mass is 32.1. The molecule has 3 N–H and O–H groups in total. The van der Waals surface area contributed by atoms with Crippen LogP contribution in [0, 0.1) is 0 Å². The maximum absolute atomic E-state index is 11.7. The van der Waals surface area contributed by atoms with Crippen molar-refractivity contribution in [2.45, 2.75) is 57.4 Å². The van der Waals surface area contributed by atoms with Gasteiger partial charge in [0.2, 0.25) is 0 Å². The Morgan fingerprint density at radius 1 is 1.17 bits per heavy atom. The van der Waals surface area contributed by atoms with Gasteiger partial charge in [-0.2, -0.15) is 0 Å². The zero-order valence-electron chi connectivity index (χ0n) is 10.6. The Morgan fingerprint density at radius 3 is 2.61 bits per heavy atom. The normalized spacial score (nSPS) is 19.8. The molecule has 3 rings (SSSR count). The topological polar surface area (TPSA) is 55.1 Å². The first kappa shape index (κ1) is 12.0. The first-order valence-corrected chi connectivity index (χ1v) is 7.78. The molecule has 3 nitrogen and oxygen atoms in total. The van der Waals surface area contributed by atoms with Gasteiger partial charge in [0.15, 0.2) is 0 Å². The number of hydrogen-bond acceptors (Lipinski definition) is 3. The summed E-state index contributed by atoms with van der Waals surface area (Å²) in [6.45, 7) is 0. The standard InChI is InChI=1S/C14H20N2OS/c15-13(17)12-10-7-2-1-3-8-11(10)18-14(12)16-9-5-4-6-9/h9,16H,1-8H2,(H2,15,17). The second-order valence-electron chi connectivity index (χ2n) is 5.40. The number of primary amides is 1. The van der Waals surface area contributed by atoms with Gasteiger partial charge in [0.05, 0.1) is 5.56 Å². The van der Waals surface area contributed by atoms with E-state index in [-0.39, 0.29) is 5.91 Å². The highest BCUT2D eigenvalue weighted by Gasteiger charge is 2.26. The molecule has 1 aromatic heterocycles. The fourth-order valence-corrected chi connectivity index (χ4v) is 4.21. The van der Waals surface area contributed by atoms with Crippen LogP contribution in [0.3, 0.4) is 0 Å². The Kier molecular flexibility index (Phi) is 3.29. The molecule has 0 radical (unpaired) electrons. The molecule has 0 saturated heterocycles. The number of aryl methyl sites for hydroxylation is 1. The zero-order chi connectivity index (χ0) is 12.5. The summed E-state index contributed by atoms with van der Waals surface area (Å²) in [6.07, 6.45) is 9.59. The van der Waals surface area contributed by atoms with E-state index in [1.54, 1.807) is 11.3 Å². The average molecular weight is 264 g/mol. The molecule has 2 aliphatic rings. The highest BCUT2D eigenvalue weighted by molar-refractivity contribution is 7.16. The van der Waals surface area contributed by atoms with Crippen LogP contribution in [0.1, 0.15) is 59.3 Å². The third kappa shape index (κ3) is 2.14. The van der Waals surface area contributed by atoms with Crippen molar-refractivity contribution in [1.29, 1.82) is 0 Å². The molecule has 0 bridgehead atoms. The molecule has 1 saturated carbocycles. The number of rotatable bonds is 3. The summed E-state index contributed by atoms with van der Waals surface area (Å²) in [6, 6.07) is 0.561. The van der Waals surface area contributed by atoms with Crippen LogP contribution >= 0.6 is 11.3 Å². The van der Waals surface area contributed by atoms with E-state index in [0.29, 0.717) is 6.04 Å². The van der Waals surface area contributed by atoms with E-state index >= 15 is 0 Å². The van der Waals surface area contributed by atoms with Gasteiger partial charge in [-0.3, -0.25) is 4.79 Å². The lowest BCUT2D eigenvalue weighted by atomic mass is 9.93. The number of nitrogens with one attached hydrogen (secondary N) is 1. The van der Waals surface area contributed by atoms with Crippen molar-refractivity contribution in [3.05, 3.63) is 16.0 Å². The third-order valence-corrected chi connectivity index (χ3v) is 5.33. The van der Waals surface area contributed by atoms with Gasteiger partial charge in [-0.05, 0) is 50.5 Å². The number of hydrogen-bond donors (Lipinski definition) is 2. The van der Waals surface area contributed by atoms with E-state index < -0.39 is 0 Å². The number of carbonyl (C=O) groups is 1. The van der Waals surface area contributed by atoms with E-state index in [1.165, 1.54) is 49.0 Å². The van der Waals surface area contributed by atoms with Crippen LogP contribution in [0.25, 0.3) is 0 Å². The molecule has 2 aliphatic carbocycles. The Hall–Kier alpha value is -1.03. The molecular weight excluding hydrogens is 244 g/mol. The minimum Gasteiger partial charge on any atom is -0.374 e. The Balaban J connectivity index is 1.94. The van der Waals surface area contributed by atoms with Crippen molar-refractivity contribution in [2.75, 3.05) is 5.32 Å². The van der Waals surface area contributed by atoms with Gasteiger partial charge in [-0.25, -0.2) is 0 Å². The predicted octanol–water partition coefficient (Wildman–Crippen LogP) is 3.08. The molecule has 98 valence electrons. The van der Waals surface area contributed by atoms with Gasteiger partial charge in [0, 0.05) is 10.9 Å². The van der Waals surface area contributed by atoms with Crippen LogP contribution in [0.2, 0.25) is 0 Å². The molecule has 1 heterocycles. The average Bonchev–Trinajstić information content (AvgIpc) is 2.46. The molecule has 18 heavy (non-hydrogen) atoms. The maximum atomic E-state index is 11.7. The van der Waals surface area contributed by atoms with Crippen molar-refractivity contribution in [3.63, 3.8) is 0 Å². The molecule has 0 aliphatic heterocycles. The molecule has 1 fully saturated rings. The van der Waals surface area contributed by atoms with E-state index in [2.05, 4.69) is 5.32 Å². The van der Waals surface area contributed by atoms with Crippen LogP contribution in [-0.4, -0.2) is 11.9 Å². The van der Waals surface area contributed by atoms with Crippen LogP contribution in [0.4, 0.5) is 5.00 Å². The SMILES string of the molecule is NC(=O)c1c(NC2CCC2)sc2c1CCCCC2. The molecule has 0 spiro atoms.